The lowest BCUT2D eigenvalue weighted by Crippen LogP contribution is -2.56. The molecule has 1 aliphatic heterocycles. The van der Waals surface area contributed by atoms with Gasteiger partial charge in [0.25, 0.3) is 0 Å². The highest BCUT2D eigenvalue weighted by molar-refractivity contribution is 6.32. The number of piperazine rings is 1. The summed E-state index contributed by atoms with van der Waals surface area (Å²) in [5, 5.41) is 7.28. The number of hydrogen-bond donors (Lipinski definition) is 1. The standard InChI is InChI=1S/C29H25ClFN9O2/c1-2-27(41)39-10-9-38(14-23(39)17-3-4-17)25-6-5-21-28(37-25)29(34-15-32-21)36-22-12-19(30)24(13-20(22)31)42-18-7-8-40-26(11-18)33-16-35-40/h2,5-8,11-13,15-17,23H,1,3-4,9-10,14H2,(H,32,34,36)/t23-/m1/s1. The van der Waals surface area contributed by atoms with E-state index < -0.39 is 5.82 Å². The summed E-state index contributed by atoms with van der Waals surface area (Å²) in [7, 11) is 0. The summed E-state index contributed by atoms with van der Waals surface area (Å²) in [4.78, 5) is 34.2. The first-order valence-corrected chi connectivity index (χ1v) is 13.9. The number of halogens is 2. The minimum atomic E-state index is -0.587. The molecule has 1 amide bonds. The van der Waals surface area contributed by atoms with Crippen LogP contribution >= 0.6 is 11.6 Å². The summed E-state index contributed by atoms with van der Waals surface area (Å²) < 4.78 is 22.7. The van der Waals surface area contributed by atoms with Crippen molar-refractivity contribution in [2.45, 2.75) is 18.9 Å². The number of ether oxygens (including phenoxy) is 1. The SMILES string of the molecule is C=CC(=O)N1CCN(c2ccc3ncnc(Nc4cc(Cl)c(Oc5ccn6ncnc6c5)cc4F)c3n2)C[C@@H]1C1CC1. The Labute approximate surface area is 244 Å². The van der Waals surface area contributed by atoms with Gasteiger partial charge in [-0.1, -0.05) is 18.2 Å². The molecule has 5 aromatic rings. The second-order valence-corrected chi connectivity index (χ2v) is 10.7. The highest BCUT2D eigenvalue weighted by Gasteiger charge is 2.40. The van der Waals surface area contributed by atoms with Crippen LogP contribution in [0, 0.1) is 11.7 Å². The summed E-state index contributed by atoms with van der Waals surface area (Å²) >= 11 is 6.49. The largest absolute Gasteiger partial charge is 0.455 e. The van der Waals surface area contributed by atoms with Crippen LogP contribution in [0.3, 0.4) is 0 Å². The average Bonchev–Trinajstić information content (AvgIpc) is 3.76. The first-order valence-electron chi connectivity index (χ1n) is 13.5. The molecule has 2 fully saturated rings. The molecule has 1 atom stereocenters. The summed E-state index contributed by atoms with van der Waals surface area (Å²) in [6.07, 6.45) is 8.12. The number of carbonyl (C=O) groups is 1. The number of rotatable bonds is 7. The zero-order valence-corrected chi connectivity index (χ0v) is 23.1. The first kappa shape index (κ1) is 26.1. The Morgan fingerprint density at radius 3 is 2.83 bits per heavy atom. The highest BCUT2D eigenvalue weighted by Crippen LogP contribution is 2.38. The van der Waals surface area contributed by atoms with E-state index in [4.69, 9.17) is 21.3 Å². The van der Waals surface area contributed by atoms with Crippen LogP contribution in [0.5, 0.6) is 11.5 Å². The Morgan fingerprint density at radius 2 is 2.00 bits per heavy atom. The monoisotopic (exact) mass is 585 g/mol. The van der Waals surface area contributed by atoms with Gasteiger partial charge in [0, 0.05) is 38.0 Å². The lowest BCUT2D eigenvalue weighted by atomic mass is 10.1. The Kier molecular flexibility index (Phi) is 6.54. The van der Waals surface area contributed by atoms with Crippen molar-refractivity contribution in [3.8, 4) is 11.5 Å². The normalized spacial score (nSPS) is 17.0. The molecular weight excluding hydrogens is 561 g/mol. The summed E-state index contributed by atoms with van der Waals surface area (Å²) in [6, 6.07) is 9.90. The molecule has 2 aliphatic rings. The number of anilines is 3. The molecule has 1 saturated carbocycles. The van der Waals surface area contributed by atoms with Gasteiger partial charge >= 0.3 is 0 Å². The van der Waals surface area contributed by atoms with Crippen molar-refractivity contribution in [1.29, 1.82) is 0 Å². The number of nitrogens with one attached hydrogen (secondary N) is 1. The third-order valence-electron chi connectivity index (χ3n) is 7.59. The molecule has 0 bridgehead atoms. The topological polar surface area (TPSA) is 114 Å². The van der Waals surface area contributed by atoms with E-state index >= 15 is 4.39 Å². The van der Waals surface area contributed by atoms with Gasteiger partial charge in [0.05, 0.1) is 22.3 Å². The fourth-order valence-electron chi connectivity index (χ4n) is 5.31. The molecule has 212 valence electrons. The second kappa shape index (κ2) is 10.5. The summed E-state index contributed by atoms with van der Waals surface area (Å²) in [6.45, 7) is 5.56. The quantitative estimate of drug-likeness (QED) is 0.263. The molecule has 0 spiro atoms. The fourth-order valence-corrected chi connectivity index (χ4v) is 5.51. The molecule has 11 nitrogen and oxygen atoms in total. The van der Waals surface area contributed by atoms with Gasteiger partial charge in [-0.15, -0.1) is 0 Å². The zero-order valence-electron chi connectivity index (χ0n) is 22.3. The van der Waals surface area contributed by atoms with Crippen LogP contribution in [-0.4, -0.2) is 66.0 Å². The van der Waals surface area contributed by atoms with Crippen molar-refractivity contribution in [2.24, 2.45) is 5.92 Å². The minimum Gasteiger partial charge on any atom is -0.455 e. The van der Waals surface area contributed by atoms with E-state index in [2.05, 4.69) is 36.8 Å². The fraction of sp³-hybridized carbons (Fsp3) is 0.241. The van der Waals surface area contributed by atoms with Crippen LogP contribution in [0.2, 0.25) is 5.02 Å². The van der Waals surface area contributed by atoms with Crippen molar-refractivity contribution in [1.82, 2.24) is 34.4 Å². The number of benzene rings is 1. The molecule has 5 heterocycles. The lowest BCUT2D eigenvalue weighted by Gasteiger charge is -2.42. The van der Waals surface area contributed by atoms with Crippen molar-refractivity contribution < 1.29 is 13.9 Å². The van der Waals surface area contributed by atoms with Crippen LogP contribution in [0.4, 0.5) is 21.7 Å². The molecule has 4 aromatic heterocycles. The maximum atomic E-state index is 15.3. The number of aromatic nitrogens is 6. The smallest absolute Gasteiger partial charge is 0.246 e. The van der Waals surface area contributed by atoms with Gasteiger partial charge in [-0.25, -0.2) is 28.8 Å². The van der Waals surface area contributed by atoms with Gasteiger partial charge in [-0.05, 0) is 49.1 Å². The van der Waals surface area contributed by atoms with E-state index in [0.29, 0.717) is 53.8 Å². The molecule has 1 N–H and O–H groups in total. The van der Waals surface area contributed by atoms with Crippen molar-refractivity contribution in [3.05, 3.63) is 78.7 Å². The van der Waals surface area contributed by atoms with Crippen LogP contribution in [0.15, 0.2) is 67.9 Å². The molecule has 1 aromatic carbocycles. The molecule has 7 rings (SSSR count). The minimum absolute atomic E-state index is 0.0357. The van der Waals surface area contributed by atoms with Gasteiger partial charge < -0.3 is 19.9 Å². The van der Waals surface area contributed by atoms with Crippen molar-refractivity contribution in [3.63, 3.8) is 0 Å². The Bertz CT molecular complexity index is 1840. The number of fused-ring (bicyclic) bond motifs is 2. The van der Waals surface area contributed by atoms with E-state index in [-0.39, 0.29) is 28.4 Å². The Hall–Kier alpha value is -4.84. The average molecular weight is 586 g/mol. The van der Waals surface area contributed by atoms with Crippen LogP contribution < -0.4 is 15.0 Å². The number of carbonyl (C=O) groups excluding carboxylic acids is 1. The van der Waals surface area contributed by atoms with E-state index in [0.717, 1.165) is 18.7 Å². The molecule has 0 radical (unpaired) electrons. The zero-order chi connectivity index (χ0) is 28.8. The Morgan fingerprint density at radius 1 is 1.12 bits per heavy atom. The number of nitrogens with zero attached hydrogens (tertiary/aromatic N) is 8. The maximum Gasteiger partial charge on any atom is 0.246 e. The summed E-state index contributed by atoms with van der Waals surface area (Å²) in [5.74, 6) is 1.53. The predicted molar refractivity (Wildman–Crippen MR) is 156 cm³/mol. The number of hydrogen-bond acceptors (Lipinski definition) is 9. The van der Waals surface area contributed by atoms with E-state index in [9.17, 15) is 4.79 Å². The summed E-state index contributed by atoms with van der Waals surface area (Å²) in [5.41, 5.74) is 1.78. The van der Waals surface area contributed by atoms with E-state index in [1.54, 1.807) is 22.8 Å². The molecule has 13 heteroatoms. The predicted octanol–water partition coefficient (Wildman–Crippen LogP) is 5.01. The van der Waals surface area contributed by atoms with Crippen LogP contribution in [0.25, 0.3) is 16.7 Å². The number of amides is 1. The molecule has 42 heavy (non-hydrogen) atoms. The maximum absolute atomic E-state index is 15.3. The van der Waals surface area contributed by atoms with Crippen LogP contribution in [0.1, 0.15) is 12.8 Å². The highest BCUT2D eigenvalue weighted by atomic mass is 35.5. The third-order valence-corrected chi connectivity index (χ3v) is 7.88. The molecule has 0 unspecified atom stereocenters. The van der Waals surface area contributed by atoms with Crippen molar-refractivity contribution in [2.75, 3.05) is 29.9 Å². The Balaban J connectivity index is 1.14. The molecular formula is C29H25ClFN9O2. The van der Waals surface area contributed by atoms with E-state index in [1.807, 2.05) is 17.0 Å². The van der Waals surface area contributed by atoms with Gasteiger partial charge in [-0.3, -0.25) is 4.79 Å². The van der Waals surface area contributed by atoms with Gasteiger partial charge in [0.15, 0.2) is 11.5 Å². The lowest BCUT2D eigenvalue weighted by molar-refractivity contribution is -0.129. The van der Waals surface area contributed by atoms with Crippen molar-refractivity contribution >= 4 is 51.5 Å². The van der Waals surface area contributed by atoms with Gasteiger partial charge in [-0.2, -0.15) is 5.10 Å². The second-order valence-electron chi connectivity index (χ2n) is 10.3. The third kappa shape index (κ3) is 4.94. The molecule has 1 saturated heterocycles. The van der Waals surface area contributed by atoms with E-state index in [1.165, 1.54) is 30.9 Å². The van der Waals surface area contributed by atoms with Gasteiger partial charge in [0.1, 0.15) is 41.3 Å². The first-order chi connectivity index (χ1) is 20.5. The molecule has 1 aliphatic carbocycles. The van der Waals surface area contributed by atoms with Gasteiger partial charge in [0.2, 0.25) is 5.91 Å². The van der Waals surface area contributed by atoms with Crippen LogP contribution in [-0.2, 0) is 4.79 Å². The number of pyridine rings is 2.